The van der Waals surface area contributed by atoms with Gasteiger partial charge in [0.1, 0.15) is 12.7 Å². The van der Waals surface area contributed by atoms with Crippen LogP contribution in [-0.2, 0) is 23.5 Å². The molecule has 1 saturated heterocycles. The van der Waals surface area contributed by atoms with Crippen molar-refractivity contribution in [3.8, 4) is 0 Å². The number of esters is 2. The SMILES string of the molecule is CC(C)(C)C(=O)OC[C@H]1OC(=O)C2C[C@H](O[Si](C)(C)C(C)(C)C)[C@@]21C. The lowest BCUT2D eigenvalue weighted by molar-refractivity contribution is -0.164. The number of carbonyl (C=O) groups excluding carboxylic acids is 2. The van der Waals surface area contributed by atoms with Gasteiger partial charge in [-0.15, -0.1) is 0 Å². The van der Waals surface area contributed by atoms with E-state index >= 15 is 0 Å². The van der Waals surface area contributed by atoms with Gasteiger partial charge in [-0.25, -0.2) is 0 Å². The zero-order valence-corrected chi connectivity index (χ0v) is 18.2. The summed E-state index contributed by atoms with van der Waals surface area (Å²) < 4.78 is 17.6. The van der Waals surface area contributed by atoms with Gasteiger partial charge >= 0.3 is 11.9 Å². The van der Waals surface area contributed by atoms with Crippen molar-refractivity contribution in [3.63, 3.8) is 0 Å². The zero-order chi connectivity index (χ0) is 19.4. The van der Waals surface area contributed by atoms with E-state index in [-0.39, 0.29) is 35.6 Å². The number of hydrogen-bond donors (Lipinski definition) is 0. The molecule has 0 aromatic heterocycles. The van der Waals surface area contributed by atoms with Crippen LogP contribution in [0.1, 0.15) is 54.9 Å². The third kappa shape index (κ3) is 3.52. The molecule has 0 aromatic rings. The Morgan fingerprint density at radius 3 is 2.28 bits per heavy atom. The Hall–Kier alpha value is -0.883. The van der Waals surface area contributed by atoms with Crippen molar-refractivity contribution in [2.24, 2.45) is 16.7 Å². The topological polar surface area (TPSA) is 61.8 Å². The van der Waals surface area contributed by atoms with Crippen LogP contribution in [0.2, 0.25) is 18.1 Å². The molecule has 0 bridgehead atoms. The first kappa shape index (κ1) is 20.4. The van der Waals surface area contributed by atoms with E-state index in [1.165, 1.54) is 0 Å². The van der Waals surface area contributed by atoms with E-state index < -0.39 is 25.3 Å². The molecule has 0 N–H and O–H groups in total. The molecule has 144 valence electrons. The van der Waals surface area contributed by atoms with Crippen LogP contribution in [0.25, 0.3) is 0 Å². The highest BCUT2D eigenvalue weighted by Crippen LogP contribution is 2.58. The lowest BCUT2D eigenvalue weighted by atomic mass is 9.58. The minimum Gasteiger partial charge on any atom is -0.461 e. The molecule has 1 heterocycles. The Balaban J connectivity index is 2.10. The number of cyclic esters (lactones) is 1. The van der Waals surface area contributed by atoms with Gasteiger partial charge in [-0.1, -0.05) is 27.7 Å². The molecule has 5 nitrogen and oxygen atoms in total. The molecular weight excluding hydrogens is 336 g/mol. The van der Waals surface area contributed by atoms with Crippen molar-refractivity contribution >= 4 is 20.3 Å². The van der Waals surface area contributed by atoms with Gasteiger partial charge in [-0.3, -0.25) is 9.59 Å². The summed E-state index contributed by atoms with van der Waals surface area (Å²) in [5.74, 6) is -0.619. The van der Waals surface area contributed by atoms with Gasteiger partial charge in [0.05, 0.1) is 17.4 Å². The summed E-state index contributed by atoms with van der Waals surface area (Å²) in [4.78, 5) is 24.3. The first-order chi connectivity index (χ1) is 11.1. The van der Waals surface area contributed by atoms with Gasteiger partial charge in [-0.05, 0) is 45.3 Å². The minimum atomic E-state index is -1.95. The Labute approximate surface area is 152 Å². The third-order valence-corrected chi connectivity index (χ3v) is 10.8. The highest BCUT2D eigenvalue weighted by Gasteiger charge is 2.67. The molecule has 2 aliphatic rings. The number of hydrogen-bond acceptors (Lipinski definition) is 5. The molecule has 1 aliphatic carbocycles. The fourth-order valence-corrected chi connectivity index (χ4v) is 4.62. The van der Waals surface area contributed by atoms with Gasteiger partial charge in [0.15, 0.2) is 8.32 Å². The van der Waals surface area contributed by atoms with Crippen molar-refractivity contribution in [3.05, 3.63) is 0 Å². The molecular formula is C19H34O5Si. The summed E-state index contributed by atoms with van der Waals surface area (Å²) in [5.41, 5.74) is -0.982. The van der Waals surface area contributed by atoms with Crippen LogP contribution in [0.3, 0.4) is 0 Å². The van der Waals surface area contributed by atoms with Crippen molar-refractivity contribution in [2.45, 2.75) is 85.2 Å². The number of carbonyl (C=O) groups is 2. The van der Waals surface area contributed by atoms with Crippen molar-refractivity contribution in [1.82, 2.24) is 0 Å². The summed E-state index contributed by atoms with van der Waals surface area (Å²) in [6, 6.07) is 0. The van der Waals surface area contributed by atoms with Crippen molar-refractivity contribution in [2.75, 3.05) is 6.61 Å². The molecule has 0 spiro atoms. The van der Waals surface area contributed by atoms with Crippen LogP contribution < -0.4 is 0 Å². The standard InChI is InChI=1S/C19H34O5Si/c1-17(2,3)16(21)22-11-14-19(7)12(15(20)23-14)10-13(19)24-25(8,9)18(4,5)6/h12-14H,10-11H2,1-9H3/t12?,13-,14+,19+/m0/s1. The lowest BCUT2D eigenvalue weighted by Crippen LogP contribution is -2.61. The molecule has 0 radical (unpaired) electrons. The minimum absolute atomic E-state index is 0.0248. The van der Waals surface area contributed by atoms with Crippen LogP contribution in [0.4, 0.5) is 0 Å². The maximum Gasteiger partial charge on any atom is 0.311 e. The first-order valence-corrected chi connectivity index (χ1v) is 12.1. The summed E-state index contributed by atoms with van der Waals surface area (Å²) in [6.07, 6.45) is 0.244. The van der Waals surface area contributed by atoms with Gasteiger partial charge in [-0.2, -0.15) is 0 Å². The maximum atomic E-state index is 12.2. The van der Waals surface area contributed by atoms with Gasteiger partial charge < -0.3 is 13.9 Å². The Bertz CT molecular complexity index is 557. The predicted octanol–water partition coefficient (Wildman–Crippen LogP) is 3.92. The smallest absolute Gasteiger partial charge is 0.311 e. The third-order valence-electron chi connectivity index (χ3n) is 6.35. The van der Waals surface area contributed by atoms with E-state index in [0.717, 1.165) is 0 Å². The van der Waals surface area contributed by atoms with Crippen LogP contribution in [0.5, 0.6) is 0 Å². The van der Waals surface area contributed by atoms with Gasteiger partial charge in [0.2, 0.25) is 0 Å². The van der Waals surface area contributed by atoms with Crippen LogP contribution in [-0.4, -0.2) is 39.1 Å². The summed E-state index contributed by atoms with van der Waals surface area (Å²) in [6.45, 7) is 18.6. The molecule has 2 rings (SSSR count). The Kier molecular flexibility index (Phi) is 4.97. The van der Waals surface area contributed by atoms with Crippen LogP contribution in [0.15, 0.2) is 0 Å². The fourth-order valence-electron chi connectivity index (χ4n) is 3.21. The van der Waals surface area contributed by atoms with E-state index in [1.807, 2.05) is 27.7 Å². The number of rotatable bonds is 4. The maximum absolute atomic E-state index is 12.2. The van der Waals surface area contributed by atoms with Gasteiger partial charge in [0, 0.05) is 5.41 Å². The van der Waals surface area contributed by atoms with E-state index in [2.05, 4.69) is 33.9 Å². The molecule has 4 atom stereocenters. The lowest BCUT2D eigenvalue weighted by Gasteiger charge is -2.53. The second kappa shape index (κ2) is 6.08. The zero-order valence-electron chi connectivity index (χ0n) is 17.2. The molecule has 25 heavy (non-hydrogen) atoms. The average Bonchev–Trinajstić information content (AvgIpc) is 2.61. The molecule has 1 aliphatic heterocycles. The van der Waals surface area contributed by atoms with E-state index in [1.54, 1.807) is 0 Å². The largest absolute Gasteiger partial charge is 0.461 e. The molecule has 6 heteroatoms. The number of ether oxygens (including phenoxy) is 2. The molecule has 1 unspecified atom stereocenters. The highest BCUT2D eigenvalue weighted by molar-refractivity contribution is 6.74. The second-order valence-corrected chi connectivity index (χ2v) is 15.1. The van der Waals surface area contributed by atoms with Crippen molar-refractivity contribution < 1.29 is 23.5 Å². The Morgan fingerprint density at radius 2 is 1.80 bits per heavy atom. The summed E-state index contributed by atoms with van der Waals surface area (Å²) in [7, 11) is -1.95. The molecule has 1 saturated carbocycles. The quantitative estimate of drug-likeness (QED) is 0.554. The predicted molar refractivity (Wildman–Crippen MR) is 98.6 cm³/mol. The average molecular weight is 371 g/mol. The van der Waals surface area contributed by atoms with E-state index in [9.17, 15) is 9.59 Å². The van der Waals surface area contributed by atoms with E-state index in [0.29, 0.717) is 6.42 Å². The highest BCUT2D eigenvalue weighted by atomic mass is 28.4. The normalized spacial score (nSPS) is 32.7. The fraction of sp³-hybridized carbons (Fsp3) is 0.895. The van der Waals surface area contributed by atoms with Crippen LogP contribution in [0, 0.1) is 16.7 Å². The van der Waals surface area contributed by atoms with E-state index in [4.69, 9.17) is 13.9 Å². The van der Waals surface area contributed by atoms with Crippen molar-refractivity contribution in [1.29, 1.82) is 0 Å². The molecule has 0 aromatic carbocycles. The second-order valence-electron chi connectivity index (χ2n) is 10.3. The first-order valence-electron chi connectivity index (χ1n) is 9.16. The summed E-state index contributed by atoms with van der Waals surface area (Å²) >= 11 is 0. The van der Waals surface area contributed by atoms with Crippen LogP contribution >= 0.6 is 0 Å². The molecule has 2 fully saturated rings. The summed E-state index contributed by atoms with van der Waals surface area (Å²) in [5, 5.41) is 0.103. The Morgan fingerprint density at radius 1 is 1.24 bits per heavy atom. The van der Waals surface area contributed by atoms with Gasteiger partial charge in [0.25, 0.3) is 0 Å². The molecule has 0 amide bonds. The number of fused-ring (bicyclic) bond motifs is 1. The monoisotopic (exact) mass is 370 g/mol.